The van der Waals surface area contributed by atoms with Crippen LogP contribution in [-0.4, -0.2) is 45.8 Å². The summed E-state index contributed by atoms with van der Waals surface area (Å²) in [7, 11) is 0. The molecule has 3 aromatic rings. The van der Waals surface area contributed by atoms with Crippen LogP contribution in [0, 0.1) is 10.7 Å². The molecule has 8 heteroatoms. The van der Waals surface area contributed by atoms with Crippen LogP contribution < -0.4 is 4.90 Å². The molecule has 0 saturated carbocycles. The van der Waals surface area contributed by atoms with Gasteiger partial charge in [0.25, 0.3) is 4.84 Å². The van der Waals surface area contributed by atoms with Crippen LogP contribution in [0.2, 0.25) is 0 Å². The lowest BCUT2D eigenvalue weighted by atomic mass is 10.2. The summed E-state index contributed by atoms with van der Waals surface area (Å²) in [5, 5.41) is 4.47. The lowest BCUT2D eigenvalue weighted by molar-refractivity contribution is 0.192. The van der Waals surface area contributed by atoms with E-state index in [0.29, 0.717) is 17.4 Å². The topological polar surface area (TPSA) is 50.3 Å². The molecule has 0 amide bonds. The fourth-order valence-corrected chi connectivity index (χ4v) is 3.17. The summed E-state index contributed by atoms with van der Waals surface area (Å²) in [4.78, 5) is 8.95. The Labute approximate surface area is 155 Å². The molecule has 0 bridgehead atoms. The second-order valence-electron chi connectivity index (χ2n) is 6.14. The van der Waals surface area contributed by atoms with E-state index in [1.165, 1.54) is 12.1 Å². The minimum atomic E-state index is -0.211. The summed E-state index contributed by atoms with van der Waals surface area (Å²) in [6.45, 7) is 4.06. The molecule has 6 nitrogen and oxygen atoms in total. The first-order valence-corrected chi connectivity index (χ1v) is 8.81. The number of benzene rings is 1. The largest absolute Gasteiger partial charge is 0.409 e. The second kappa shape index (κ2) is 7.35. The average molecular weight is 371 g/mol. The highest BCUT2D eigenvalue weighted by atomic mass is 32.1. The number of halogens is 1. The zero-order valence-electron chi connectivity index (χ0n) is 14.1. The standard InChI is InChI=1S/C18H18FN5OS/c19-15-3-5-16(6-4-15)23-10-8-22(9-11-23)13-24-18(26)25-17(21-24)14-2-1-7-20-12-14/h1-7,12H,8-11,13H2. The van der Waals surface area contributed by atoms with Crippen molar-refractivity contribution in [2.75, 3.05) is 31.1 Å². The Balaban J connectivity index is 1.40. The van der Waals surface area contributed by atoms with E-state index in [-0.39, 0.29) is 5.82 Å². The highest BCUT2D eigenvalue weighted by Gasteiger charge is 2.19. The highest BCUT2D eigenvalue weighted by molar-refractivity contribution is 7.71. The molecule has 0 atom stereocenters. The maximum Gasteiger partial charge on any atom is 0.288 e. The molecule has 26 heavy (non-hydrogen) atoms. The van der Waals surface area contributed by atoms with Crippen LogP contribution in [0.3, 0.4) is 0 Å². The Morgan fingerprint density at radius 3 is 2.54 bits per heavy atom. The zero-order valence-corrected chi connectivity index (χ0v) is 14.9. The van der Waals surface area contributed by atoms with Crippen molar-refractivity contribution in [2.24, 2.45) is 0 Å². The molecule has 0 N–H and O–H groups in total. The Bertz CT molecular complexity index is 917. The van der Waals surface area contributed by atoms with Crippen molar-refractivity contribution >= 4 is 17.9 Å². The minimum absolute atomic E-state index is 0.211. The molecule has 134 valence electrons. The lowest BCUT2D eigenvalue weighted by Gasteiger charge is -2.35. The molecular weight excluding hydrogens is 353 g/mol. The van der Waals surface area contributed by atoms with Crippen molar-refractivity contribution in [3.8, 4) is 11.5 Å². The van der Waals surface area contributed by atoms with Crippen LogP contribution in [0.1, 0.15) is 0 Å². The molecule has 0 unspecified atom stereocenters. The second-order valence-corrected chi connectivity index (χ2v) is 6.49. The fraction of sp³-hybridized carbons (Fsp3) is 0.278. The lowest BCUT2D eigenvalue weighted by Crippen LogP contribution is -2.46. The smallest absolute Gasteiger partial charge is 0.288 e. The first-order valence-electron chi connectivity index (χ1n) is 8.40. The summed E-state index contributed by atoms with van der Waals surface area (Å²) in [5.74, 6) is 0.269. The van der Waals surface area contributed by atoms with Crippen LogP contribution in [-0.2, 0) is 6.67 Å². The molecule has 1 aliphatic rings. The maximum atomic E-state index is 13.1. The maximum absolute atomic E-state index is 13.1. The molecule has 3 heterocycles. The van der Waals surface area contributed by atoms with Crippen molar-refractivity contribution < 1.29 is 8.81 Å². The predicted molar refractivity (Wildman–Crippen MR) is 98.7 cm³/mol. The fourth-order valence-electron chi connectivity index (χ4n) is 2.99. The molecule has 1 fully saturated rings. The molecule has 2 aromatic heterocycles. The number of hydrogen-bond acceptors (Lipinski definition) is 6. The number of piperazine rings is 1. The summed E-state index contributed by atoms with van der Waals surface area (Å²) in [6.07, 6.45) is 3.40. The number of aromatic nitrogens is 3. The number of hydrogen-bond donors (Lipinski definition) is 0. The zero-order chi connectivity index (χ0) is 17.9. The number of pyridine rings is 1. The number of nitrogens with zero attached hydrogens (tertiary/aromatic N) is 5. The molecule has 1 aromatic carbocycles. The first-order chi connectivity index (χ1) is 12.7. The minimum Gasteiger partial charge on any atom is -0.409 e. The Hall–Kier alpha value is -2.58. The van der Waals surface area contributed by atoms with Gasteiger partial charge in [-0.2, -0.15) is 0 Å². The first kappa shape index (κ1) is 16.9. The summed E-state index contributed by atoms with van der Waals surface area (Å²) < 4.78 is 20.4. The summed E-state index contributed by atoms with van der Waals surface area (Å²) >= 11 is 5.29. The van der Waals surface area contributed by atoms with Gasteiger partial charge in [-0.1, -0.05) is 0 Å². The van der Waals surface area contributed by atoms with Gasteiger partial charge in [-0.05, 0) is 48.6 Å². The third kappa shape index (κ3) is 3.66. The van der Waals surface area contributed by atoms with Gasteiger partial charge in [0, 0.05) is 44.3 Å². The van der Waals surface area contributed by atoms with E-state index >= 15 is 0 Å². The number of rotatable bonds is 4. The molecular formula is C18H18FN5OS. The van der Waals surface area contributed by atoms with E-state index in [0.717, 1.165) is 37.4 Å². The SMILES string of the molecule is Fc1ccc(N2CCN(Cn3nc(-c4cccnc4)oc3=S)CC2)cc1. The van der Waals surface area contributed by atoms with Crippen molar-refractivity contribution in [3.63, 3.8) is 0 Å². The van der Waals surface area contributed by atoms with E-state index in [2.05, 4.69) is 19.9 Å². The highest BCUT2D eigenvalue weighted by Crippen LogP contribution is 2.19. The van der Waals surface area contributed by atoms with Gasteiger partial charge in [0.1, 0.15) is 5.82 Å². The summed E-state index contributed by atoms with van der Waals surface area (Å²) in [6, 6.07) is 10.4. The third-order valence-corrected chi connectivity index (χ3v) is 4.71. The van der Waals surface area contributed by atoms with Gasteiger partial charge in [-0.15, -0.1) is 5.10 Å². The van der Waals surface area contributed by atoms with Gasteiger partial charge in [0.2, 0.25) is 5.89 Å². The number of anilines is 1. The van der Waals surface area contributed by atoms with Crippen LogP contribution in [0.4, 0.5) is 10.1 Å². The predicted octanol–water partition coefficient (Wildman–Crippen LogP) is 3.19. The van der Waals surface area contributed by atoms with Gasteiger partial charge in [-0.25, -0.2) is 9.07 Å². The van der Waals surface area contributed by atoms with Crippen LogP contribution in [0.15, 0.2) is 53.2 Å². The van der Waals surface area contributed by atoms with E-state index in [4.69, 9.17) is 16.6 Å². The van der Waals surface area contributed by atoms with Gasteiger partial charge in [-0.3, -0.25) is 9.88 Å². The molecule has 0 radical (unpaired) electrons. The third-order valence-electron chi connectivity index (χ3n) is 4.41. The van der Waals surface area contributed by atoms with Crippen LogP contribution in [0.25, 0.3) is 11.5 Å². The quantitative estimate of drug-likeness (QED) is 0.657. The van der Waals surface area contributed by atoms with E-state index in [9.17, 15) is 4.39 Å². The Kier molecular flexibility index (Phi) is 4.77. The van der Waals surface area contributed by atoms with E-state index < -0.39 is 0 Å². The summed E-state index contributed by atoms with van der Waals surface area (Å²) in [5.41, 5.74) is 1.85. The van der Waals surface area contributed by atoms with Gasteiger partial charge in [0.15, 0.2) is 0 Å². The van der Waals surface area contributed by atoms with Crippen molar-refractivity contribution in [1.29, 1.82) is 0 Å². The van der Waals surface area contributed by atoms with E-state index in [1.807, 2.05) is 24.3 Å². The monoisotopic (exact) mass is 371 g/mol. The molecule has 0 spiro atoms. The Morgan fingerprint density at radius 2 is 1.85 bits per heavy atom. The van der Waals surface area contributed by atoms with Crippen LogP contribution in [0.5, 0.6) is 0 Å². The normalized spacial score (nSPS) is 15.3. The van der Waals surface area contributed by atoms with Gasteiger partial charge >= 0.3 is 0 Å². The molecule has 1 saturated heterocycles. The van der Waals surface area contributed by atoms with Crippen molar-refractivity contribution in [1.82, 2.24) is 19.7 Å². The van der Waals surface area contributed by atoms with Crippen molar-refractivity contribution in [2.45, 2.75) is 6.67 Å². The molecule has 4 rings (SSSR count). The average Bonchev–Trinajstić information content (AvgIpc) is 3.04. The van der Waals surface area contributed by atoms with Crippen LogP contribution >= 0.6 is 12.2 Å². The van der Waals surface area contributed by atoms with Gasteiger partial charge in [0.05, 0.1) is 12.2 Å². The van der Waals surface area contributed by atoms with Crippen molar-refractivity contribution in [3.05, 3.63) is 59.4 Å². The Morgan fingerprint density at radius 1 is 1.08 bits per heavy atom. The van der Waals surface area contributed by atoms with E-state index in [1.54, 1.807) is 17.1 Å². The van der Waals surface area contributed by atoms with Gasteiger partial charge < -0.3 is 9.32 Å². The molecule has 0 aliphatic carbocycles. The molecule has 1 aliphatic heterocycles.